The molecule has 1 aliphatic carbocycles. The lowest BCUT2D eigenvalue weighted by atomic mass is 10.0. The van der Waals surface area contributed by atoms with Crippen molar-refractivity contribution in [2.45, 2.75) is 25.5 Å². The molecule has 152 valence electrons. The number of hydrogen-bond acceptors (Lipinski definition) is 4. The number of fused-ring (bicyclic) bond motifs is 1. The fraction of sp³-hybridized carbons (Fsp3) is 0.348. The van der Waals surface area contributed by atoms with Gasteiger partial charge in [-0.2, -0.15) is 4.58 Å². The molecule has 3 rings (SSSR count). The predicted molar refractivity (Wildman–Crippen MR) is 118 cm³/mol. The van der Waals surface area contributed by atoms with Gasteiger partial charge >= 0.3 is 5.91 Å². The average molecular weight is 412 g/mol. The van der Waals surface area contributed by atoms with E-state index < -0.39 is 0 Å². The van der Waals surface area contributed by atoms with Crippen LogP contribution in [0, 0.1) is 5.92 Å². The van der Waals surface area contributed by atoms with E-state index in [1.807, 2.05) is 48.6 Å². The molecule has 0 saturated heterocycles. The fourth-order valence-electron chi connectivity index (χ4n) is 3.18. The van der Waals surface area contributed by atoms with Gasteiger partial charge in [0.05, 0.1) is 7.11 Å². The Bertz CT molecular complexity index is 941. The normalized spacial score (nSPS) is 20.0. The highest BCUT2D eigenvalue weighted by molar-refractivity contribution is 8.05. The molecule has 1 atom stereocenters. The van der Waals surface area contributed by atoms with Crippen molar-refractivity contribution in [3.05, 3.63) is 58.5 Å². The number of thioether (sulfide) groups is 1. The SMILES string of the molecule is COc1ccccc1/C=C1/SC2C=CC(C(=O)NCCC(C)C)=CC2=[N+](C)C1=O. The van der Waals surface area contributed by atoms with Crippen molar-refractivity contribution in [3.63, 3.8) is 0 Å². The number of likely N-dealkylation sites (N-methyl/N-ethyl adjacent to an activating group) is 1. The topological polar surface area (TPSA) is 58.4 Å². The van der Waals surface area contributed by atoms with E-state index in [-0.39, 0.29) is 17.1 Å². The van der Waals surface area contributed by atoms with Crippen LogP contribution in [0.4, 0.5) is 0 Å². The van der Waals surface area contributed by atoms with Crippen LogP contribution in [0.25, 0.3) is 6.08 Å². The summed E-state index contributed by atoms with van der Waals surface area (Å²) < 4.78 is 7.02. The van der Waals surface area contributed by atoms with Gasteiger partial charge in [0.1, 0.15) is 23.0 Å². The molecule has 1 aliphatic heterocycles. The van der Waals surface area contributed by atoms with E-state index in [4.69, 9.17) is 4.74 Å². The number of benzene rings is 1. The number of methoxy groups -OCH3 is 1. The Morgan fingerprint density at radius 1 is 1.34 bits per heavy atom. The molecule has 2 aliphatic rings. The lowest BCUT2D eigenvalue weighted by molar-refractivity contribution is -0.413. The summed E-state index contributed by atoms with van der Waals surface area (Å²) in [5, 5.41) is 2.94. The molecule has 0 bridgehead atoms. The molecule has 0 radical (unpaired) electrons. The van der Waals surface area contributed by atoms with Crippen LogP contribution < -0.4 is 10.1 Å². The van der Waals surface area contributed by atoms with Crippen LogP contribution in [0.2, 0.25) is 0 Å². The number of carbonyl (C=O) groups is 2. The summed E-state index contributed by atoms with van der Waals surface area (Å²) in [5.74, 6) is 1.08. The van der Waals surface area contributed by atoms with Crippen molar-refractivity contribution in [2.24, 2.45) is 5.92 Å². The van der Waals surface area contributed by atoms with Gasteiger partial charge in [0, 0.05) is 23.8 Å². The second-order valence-corrected chi connectivity index (χ2v) is 8.66. The fourth-order valence-corrected chi connectivity index (χ4v) is 4.39. The average Bonchev–Trinajstić information content (AvgIpc) is 2.71. The molecule has 5 nitrogen and oxygen atoms in total. The number of allylic oxidation sites excluding steroid dienone is 1. The van der Waals surface area contributed by atoms with Crippen molar-refractivity contribution in [3.8, 4) is 5.75 Å². The Hall–Kier alpha value is -2.60. The highest BCUT2D eigenvalue weighted by atomic mass is 32.2. The lowest BCUT2D eigenvalue weighted by Gasteiger charge is -2.21. The number of nitrogens with zero attached hydrogens (tertiary/aromatic N) is 1. The summed E-state index contributed by atoms with van der Waals surface area (Å²) in [5.41, 5.74) is 2.27. The summed E-state index contributed by atoms with van der Waals surface area (Å²) in [6.45, 7) is 4.90. The maximum atomic E-state index is 12.9. The summed E-state index contributed by atoms with van der Waals surface area (Å²) in [7, 11) is 3.37. The van der Waals surface area contributed by atoms with Crippen LogP contribution in [0.3, 0.4) is 0 Å². The molecule has 1 N–H and O–H groups in total. The molecule has 29 heavy (non-hydrogen) atoms. The zero-order valence-electron chi connectivity index (χ0n) is 17.3. The first-order valence-electron chi connectivity index (χ1n) is 9.75. The summed E-state index contributed by atoms with van der Waals surface area (Å²) >= 11 is 1.49. The van der Waals surface area contributed by atoms with Gasteiger partial charge in [-0.05, 0) is 24.5 Å². The van der Waals surface area contributed by atoms with Crippen LogP contribution in [0.15, 0.2) is 53.0 Å². The van der Waals surface area contributed by atoms with E-state index in [2.05, 4.69) is 19.2 Å². The van der Waals surface area contributed by atoms with E-state index >= 15 is 0 Å². The Balaban J connectivity index is 1.83. The highest BCUT2D eigenvalue weighted by Crippen LogP contribution is 2.34. The molecular formula is C23H27N2O3S+. The Labute approximate surface area is 176 Å². The molecule has 6 heteroatoms. The van der Waals surface area contributed by atoms with Gasteiger partial charge in [0.15, 0.2) is 0 Å². The zero-order chi connectivity index (χ0) is 21.0. The van der Waals surface area contributed by atoms with Gasteiger partial charge in [-0.1, -0.05) is 56.0 Å². The highest BCUT2D eigenvalue weighted by Gasteiger charge is 2.38. The first-order chi connectivity index (χ1) is 13.9. The first-order valence-corrected chi connectivity index (χ1v) is 10.6. The number of carbonyl (C=O) groups excluding carboxylic acids is 2. The van der Waals surface area contributed by atoms with E-state index in [0.29, 0.717) is 22.9 Å². The second-order valence-electron chi connectivity index (χ2n) is 7.48. The van der Waals surface area contributed by atoms with Gasteiger partial charge in [-0.3, -0.25) is 4.79 Å². The summed E-state index contributed by atoms with van der Waals surface area (Å²) in [6, 6.07) is 7.62. The number of rotatable bonds is 6. The molecule has 0 fully saturated rings. The van der Waals surface area contributed by atoms with Crippen LogP contribution >= 0.6 is 11.8 Å². The minimum absolute atomic E-state index is 0.00845. The van der Waals surface area contributed by atoms with E-state index in [0.717, 1.165) is 23.4 Å². The van der Waals surface area contributed by atoms with Gasteiger partial charge in [-0.15, -0.1) is 0 Å². The van der Waals surface area contributed by atoms with Gasteiger partial charge < -0.3 is 10.1 Å². The number of amides is 2. The Morgan fingerprint density at radius 2 is 2.10 bits per heavy atom. The molecular weight excluding hydrogens is 384 g/mol. The monoisotopic (exact) mass is 411 g/mol. The lowest BCUT2D eigenvalue weighted by Crippen LogP contribution is -2.37. The maximum absolute atomic E-state index is 12.9. The van der Waals surface area contributed by atoms with Crippen molar-refractivity contribution in [2.75, 3.05) is 20.7 Å². The molecule has 1 heterocycles. The maximum Gasteiger partial charge on any atom is 0.425 e. The predicted octanol–water partition coefficient (Wildman–Crippen LogP) is 3.42. The molecule has 1 aromatic rings. The molecule has 0 aromatic heterocycles. The van der Waals surface area contributed by atoms with Crippen molar-refractivity contribution in [1.82, 2.24) is 5.32 Å². The standard InChI is InChI=1S/C23H26N2O3S/c1-15(2)11-12-24-22(26)17-9-10-20-18(13-17)25(3)23(27)21(29-20)14-16-7-5-6-8-19(16)28-4/h5-10,13-15,20H,11-12H2,1-4H3/p+1/b21-14+. The van der Waals surface area contributed by atoms with Gasteiger partial charge in [0.25, 0.3) is 5.91 Å². The van der Waals surface area contributed by atoms with E-state index in [1.165, 1.54) is 11.8 Å². The molecule has 1 aromatic carbocycles. The van der Waals surface area contributed by atoms with Crippen LogP contribution in [0.5, 0.6) is 5.75 Å². The van der Waals surface area contributed by atoms with Crippen molar-refractivity contribution < 1.29 is 18.9 Å². The Morgan fingerprint density at radius 3 is 2.83 bits per heavy atom. The van der Waals surface area contributed by atoms with E-state index in [1.54, 1.807) is 18.7 Å². The molecule has 1 unspecified atom stereocenters. The van der Waals surface area contributed by atoms with E-state index in [9.17, 15) is 9.59 Å². The molecule has 0 saturated carbocycles. The third-order valence-electron chi connectivity index (χ3n) is 4.90. The number of nitrogens with one attached hydrogen (secondary N) is 1. The van der Waals surface area contributed by atoms with Gasteiger partial charge in [-0.25, -0.2) is 4.79 Å². The minimum atomic E-state index is -0.103. The van der Waals surface area contributed by atoms with Crippen LogP contribution in [0.1, 0.15) is 25.8 Å². The van der Waals surface area contributed by atoms with Gasteiger partial charge in [0.2, 0.25) is 5.71 Å². The summed E-state index contributed by atoms with van der Waals surface area (Å²) in [4.78, 5) is 26.0. The van der Waals surface area contributed by atoms with Crippen LogP contribution in [-0.4, -0.2) is 48.1 Å². The Kier molecular flexibility index (Phi) is 6.75. The molecule has 2 amide bonds. The third-order valence-corrected chi connectivity index (χ3v) is 6.10. The second kappa shape index (κ2) is 9.27. The van der Waals surface area contributed by atoms with Crippen molar-refractivity contribution in [1.29, 1.82) is 0 Å². The zero-order valence-corrected chi connectivity index (χ0v) is 18.1. The number of para-hydroxylation sites is 1. The largest absolute Gasteiger partial charge is 0.496 e. The quantitative estimate of drug-likeness (QED) is 0.576. The first kappa shape index (κ1) is 21.1. The third kappa shape index (κ3) is 4.88. The smallest absolute Gasteiger partial charge is 0.425 e. The summed E-state index contributed by atoms with van der Waals surface area (Å²) in [6.07, 6.45) is 8.45. The van der Waals surface area contributed by atoms with Crippen molar-refractivity contribution >= 4 is 35.4 Å². The number of hydrogen-bond donors (Lipinski definition) is 1. The number of ether oxygens (including phenoxy) is 1. The van der Waals surface area contributed by atoms with Crippen LogP contribution in [-0.2, 0) is 9.59 Å². The molecule has 0 spiro atoms. The minimum Gasteiger partial charge on any atom is -0.496 e.